The minimum absolute atomic E-state index is 0.339. The SMILES string of the molecule is C=C(C)C=CC(=CCC)n1nc(-c2ccc(OC)nc2)cc1NC(=O)c1cnn2cccnc12. The average Bonchev–Trinajstić information content (AvgIpc) is 3.46. The highest BCUT2D eigenvalue weighted by Crippen LogP contribution is 2.26. The molecule has 0 bridgehead atoms. The van der Waals surface area contributed by atoms with Crippen molar-refractivity contribution in [2.45, 2.75) is 20.3 Å². The minimum Gasteiger partial charge on any atom is -0.481 e. The average molecular weight is 456 g/mol. The largest absolute Gasteiger partial charge is 0.481 e. The summed E-state index contributed by atoms with van der Waals surface area (Å²) in [6.07, 6.45) is 13.2. The van der Waals surface area contributed by atoms with Gasteiger partial charge in [0.2, 0.25) is 5.88 Å². The first-order chi connectivity index (χ1) is 16.5. The van der Waals surface area contributed by atoms with Gasteiger partial charge in [0.05, 0.1) is 24.7 Å². The lowest BCUT2D eigenvalue weighted by Gasteiger charge is -2.09. The number of methoxy groups -OCH3 is 1. The molecule has 0 saturated heterocycles. The van der Waals surface area contributed by atoms with Crippen molar-refractivity contribution in [3.8, 4) is 17.1 Å². The molecule has 0 atom stereocenters. The number of aromatic nitrogens is 6. The summed E-state index contributed by atoms with van der Waals surface area (Å²) in [7, 11) is 1.56. The van der Waals surface area contributed by atoms with Gasteiger partial charge in [-0.15, -0.1) is 0 Å². The second-order valence-electron chi connectivity index (χ2n) is 7.53. The van der Waals surface area contributed by atoms with E-state index < -0.39 is 0 Å². The van der Waals surface area contributed by atoms with E-state index in [1.807, 2.05) is 38.1 Å². The van der Waals surface area contributed by atoms with Crippen LogP contribution < -0.4 is 10.1 Å². The molecule has 4 rings (SSSR count). The van der Waals surface area contributed by atoms with E-state index in [1.54, 1.807) is 53.1 Å². The van der Waals surface area contributed by atoms with E-state index in [9.17, 15) is 4.79 Å². The van der Waals surface area contributed by atoms with Crippen molar-refractivity contribution in [2.24, 2.45) is 0 Å². The van der Waals surface area contributed by atoms with E-state index in [1.165, 1.54) is 6.20 Å². The number of carbonyl (C=O) groups is 1. The third-order valence-corrected chi connectivity index (χ3v) is 4.91. The van der Waals surface area contributed by atoms with Gasteiger partial charge in [0.1, 0.15) is 11.4 Å². The Morgan fingerprint density at radius 3 is 2.79 bits per heavy atom. The predicted octanol–water partition coefficient (Wildman–Crippen LogP) is 4.63. The minimum atomic E-state index is -0.339. The summed E-state index contributed by atoms with van der Waals surface area (Å²) in [6, 6.07) is 7.19. The van der Waals surface area contributed by atoms with Gasteiger partial charge in [0, 0.05) is 36.3 Å². The fraction of sp³-hybridized carbons (Fsp3) is 0.160. The van der Waals surface area contributed by atoms with Crippen molar-refractivity contribution in [1.29, 1.82) is 0 Å². The Labute approximate surface area is 197 Å². The Hall–Kier alpha value is -4.53. The molecule has 0 fully saturated rings. The first-order valence-electron chi connectivity index (χ1n) is 10.7. The smallest absolute Gasteiger partial charge is 0.262 e. The third-order valence-electron chi connectivity index (χ3n) is 4.91. The summed E-state index contributed by atoms with van der Waals surface area (Å²) >= 11 is 0. The lowest BCUT2D eigenvalue weighted by molar-refractivity contribution is 0.102. The molecule has 0 unspecified atom stereocenters. The van der Waals surface area contributed by atoms with Crippen LogP contribution >= 0.6 is 0 Å². The quantitative estimate of drug-likeness (QED) is 0.389. The van der Waals surface area contributed by atoms with E-state index in [4.69, 9.17) is 9.84 Å². The lowest BCUT2D eigenvalue weighted by Crippen LogP contribution is -2.15. The van der Waals surface area contributed by atoms with Gasteiger partial charge in [-0.1, -0.05) is 31.2 Å². The molecule has 0 radical (unpaired) electrons. The summed E-state index contributed by atoms with van der Waals surface area (Å²) in [5.74, 6) is 0.666. The topological polar surface area (TPSA) is 99.2 Å². The number of rotatable bonds is 8. The van der Waals surface area contributed by atoms with Gasteiger partial charge in [0.15, 0.2) is 5.65 Å². The summed E-state index contributed by atoms with van der Waals surface area (Å²) in [6.45, 7) is 7.89. The Bertz CT molecular complexity index is 1390. The van der Waals surface area contributed by atoms with E-state index >= 15 is 0 Å². The molecule has 0 aliphatic rings. The Balaban J connectivity index is 1.76. The molecule has 9 nitrogen and oxygen atoms in total. The molecule has 1 N–H and O–H groups in total. The number of hydrogen-bond donors (Lipinski definition) is 1. The van der Waals surface area contributed by atoms with Gasteiger partial charge < -0.3 is 10.1 Å². The number of fused-ring (bicyclic) bond motifs is 1. The zero-order valence-corrected chi connectivity index (χ0v) is 19.3. The van der Waals surface area contributed by atoms with Crippen molar-refractivity contribution in [3.63, 3.8) is 0 Å². The summed E-state index contributed by atoms with van der Waals surface area (Å²) in [5, 5.41) is 11.9. The van der Waals surface area contributed by atoms with Gasteiger partial charge in [-0.2, -0.15) is 10.2 Å². The van der Waals surface area contributed by atoms with Gasteiger partial charge >= 0.3 is 0 Å². The molecular weight excluding hydrogens is 430 g/mol. The van der Waals surface area contributed by atoms with Crippen molar-refractivity contribution >= 4 is 23.1 Å². The third kappa shape index (κ3) is 4.78. The molecule has 0 spiro atoms. The number of nitrogens with zero attached hydrogens (tertiary/aromatic N) is 6. The second kappa shape index (κ2) is 9.95. The number of nitrogens with one attached hydrogen (secondary N) is 1. The highest BCUT2D eigenvalue weighted by atomic mass is 16.5. The summed E-state index contributed by atoms with van der Waals surface area (Å²) in [5.41, 5.74) is 3.96. The molecule has 0 saturated carbocycles. The van der Waals surface area contributed by atoms with Crippen molar-refractivity contribution in [1.82, 2.24) is 29.4 Å². The van der Waals surface area contributed by atoms with Gasteiger partial charge in [-0.3, -0.25) is 4.79 Å². The van der Waals surface area contributed by atoms with Crippen LogP contribution in [-0.4, -0.2) is 42.4 Å². The normalized spacial score (nSPS) is 11.8. The molecule has 4 aromatic rings. The van der Waals surface area contributed by atoms with Crippen molar-refractivity contribution in [2.75, 3.05) is 12.4 Å². The highest BCUT2D eigenvalue weighted by Gasteiger charge is 2.18. The molecular formula is C25H25N7O2. The maximum atomic E-state index is 13.2. The van der Waals surface area contributed by atoms with Crippen LogP contribution in [0.15, 0.2) is 79.4 Å². The van der Waals surface area contributed by atoms with E-state index in [-0.39, 0.29) is 5.91 Å². The number of pyridine rings is 1. The molecule has 9 heteroatoms. The van der Waals surface area contributed by atoms with Crippen molar-refractivity contribution in [3.05, 3.63) is 85.0 Å². The number of carbonyl (C=O) groups excluding carboxylic acids is 1. The van der Waals surface area contributed by atoms with Crippen LogP contribution in [0, 0.1) is 0 Å². The molecule has 1 amide bonds. The number of anilines is 1. The molecule has 0 aromatic carbocycles. The first-order valence-corrected chi connectivity index (χ1v) is 10.7. The molecule has 172 valence electrons. The van der Waals surface area contributed by atoms with Gasteiger partial charge in [0.25, 0.3) is 5.91 Å². The maximum absolute atomic E-state index is 13.2. The number of hydrogen-bond acceptors (Lipinski definition) is 6. The number of ether oxygens (including phenoxy) is 1. The Morgan fingerprint density at radius 2 is 2.09 bits per heavy atom. The molecule has 4 heterocycles. The maximum Gasteiger partial charge on any atom is 0.262 e. The first kappa shape index (κ1) is 22.7. The van der Waals surface area contributed by atoms with E-state index in [2.05, 4.69) is 27.0 Å². The Kier molecular flexibility index (Phi) is 6.63. The zero-order valence-electron chi connectivity index (χ0n) is 19.3. The van der Waals surface area contributed by atoms with E-state index in [0.717, 1.165) is 23.3 Å². The van der Waals surface area contributed by atoms with Crippen LogP contribution in [0.25, 0.3) is 22.6 Å². The van der Waals surface area contributed by atoms with Crippen LogP contribution in [-0.2, 0) is 0 Å². The number of amides is 1. The fourth-order valence-corrected chi connectivity index (χ4v) is 3.29. The van der Waals surface area contributed by atoms with Gasteiger partial charge in [-0.05, 0) is 31.6 Å². The van der Waals surface area contributed by atoms with Gasteiger partial charge in [-0.25, -0.2) is 19.2 Å². The standard InChI is InChI=1S/C25H25N7O2/c1-5-7-19(10-8-17(2)3)32-22(14-21(30-32)18-9-11-23(34-4)27-15-18)29-25(33)20-16-28-31-13-6-12-26-24(20)31/h6-16H,2,5H2,1,3-4H3,(H,29,33). The van der Waals surface area contributed by atoms with Crippen LogP contribution in [0.1, 0.15) is 30.6 Å². The lowest BCUT2D eigenvalue weighted by atomic mass is 10.2. The fourth-order valence-electron chi connectivity index (χ4n) is 3.29. The highest BCUT2D eigenvalue weighted by molar-refractivity contribution is 6.08. The monoisotopic (exact) mass is 455 g/mol. The van der Waals surface area contributed by atoms with Crippen LogP contribution in [0.3, 0.4) is 0 Å². The summed E-state index contributed by atoms with van der Waals surface area (Å²) in [4.78, 5) is 21.7. The van der Waals surface area contributed by atoms with Crippen LogP contribution in [0.2, 0.25) is 0 Å². The Morgan fingerprint density at radius 1 is 1.24 bits per heavy atom. The second-order valence-corrected chi connectivity index (χ2v) is 7.53. The molecule has 4 aromatic heterocycles. The zero-order chi connectivity index (χ0) is 24.1. The van der Waals surface area contributed by atoms with E-state index in [0.29, 0.717) is 28.6 Å². The van der Waals surface area contributed by atoms with Crippen LogP contribution in [0.4, 0.5) is 5.82 Å². The van der Waals surface area contributed by atoms with Crippen molar-refractivity contribution < 1.29 is 9.53 Å². The summed E-state index contributed by atoms with van der Waals surface area (Å²) < 4.78 is 8.40. The molecule has 0 aliphatic carbocycles. The van der Waals surface area contributed by atoms with Crippen LogP contribution in [0.5, 0.6) is 5.88 Å². The molecule has 0 aliphatic heterocycles. The number of allylic oxidation sites excluding steroid dienone is 5. The molecule has 34 heavy (non-hydrogen) atoms. The predicted molar refractivity (Wildman–Crippen MR) is 131 cm³/mol.